The lowest BCUT2D eigenvalue weighted by molar-refractivity contribution is 0.0600. The third-order valence-corrected chi connectivity index (χ3v) is 1.27. The summed E-state index contributed by atoms with van der Waals surface area (Å²) in [5.74, 6) is -0.817. The van der Waals surface area contributed by atoms with Crippen molar-refractivity contribution in [3.8, 4) is 0 Å². The zero-order chi connectivity index (χ0) is 12.3. The van der Waals surface area contributed by atoms with E-state index in [0.717, 1.165) is 0 Å². The molecule has 0 aliphatic carbocycles. The normalized spacial score (nSPS) is 7.60. The molecule has 0 spiro atoms. The van der Waals surface area contributed by atoms with Crippen LogP contribution in [0.3, 0.4) is 0 Å². The first-order valence-corrected chi connectivity index (χ1v) is 5.08. The van der Waals surface area contributed by atoms with Crippen LogP contribution in [-0.2, 0) is 4.74 Å². The smallest absolute Gasteiger partial charge is 0.337 e. The maximum absolute atomic E-state index is 12.3. The van der Waals surface area contributed by atoms with Gasteiger partial charge >= 0.3 is 5.97 Å². The Kier molecular flexibility index (Phi) is 11.5. The molecule has 0 aliphatic rings. The van der Waals surface area contributed by atoms with Crippen LogP contribution in [0, 0.1) is 5.82 Å². The van der Waals surface area contributed by atoms with E-state index in [1.54, 1.807) is 0 Å². The van der Waals surface area contributed by atoms with Crippen molar-refractivity contribution in [2.24, 2.45) is 0 Å². The molecular formula is C12H19FO2. The summed E-state index contributed by atoms with van der Waals surface area (Å²) in [4.78, 5) is 10.8. The fourth-order valence-corrected chi connectivity index (χ4v) is 0.704. The van der Waals surface area contributed by atoms with Gasteiger partial charge in [-0.1, -0.05) is 27.7 Å². The fourth-order valence-electron chi connectivity index (χ4n) is 0.704. The first-order valence-electron chi connectivity index (χ1n) is 5.08. The number of methoxy groups -OCH3 is 1. The van der Waals surface area contributed by atoms with E-state index in [0.29, 0.717) is 5.56 Å². The minimum Gasteiger partial charge on any atom is -0.465 e. The molecule has 0 unspecified atom stereocenters. The van der Waals surface area contributed by atoms with Gasteiger partial charge in [-0.05, 0) is 24.3 Å². The Morgan fingerprint density at radius 1 is 1.07 bits per heavy atom. The molecule has 1 aromatic rings. The molecular weight excluding hydrogens is 195 g/mol. The highest BCUT2D eigenvalue weighted by Crippen LogP contribution is 2.03. The third kappa shape index (κ3) is 6.66. The van der Waals surface area contributed by atoms with Crippen molar-refractivity contribution in [2.75, 3.05) is 7.11 Å². The lowest BCUT2D eigenvalue weighted by Gasteiger charge is -1.96. The molecule has 1 aromatic carbocycles. The quantitative estimate of drug-likeness (QED) is 0.667. The molecule has 0 N–H and O–H groups in total. The monoisotopic (exact) mass is 214 g/mol. The second kappa shape index (κ2) is 10.7. The molecule has 0 aliphatic heterocycles. The number of carbonyl (C=O) groups is 1. The van der Waals surface area contributed by atoms with Gasteiger partial charge in [-0.25, -0.2) is 9.18 Å². The predicted molar refractivity (Wildman–Crippen MR) is 60.4 cm³/mol. The molecule has 0 radical (unpaired) electrons. The van der Waals surface area contributed by atoms with Crippen molar-refractivity contribution < 1.29 is 13.9 Å². The maximum Gasteiger partial charge on any atom is 0.337 e. The fraction of sp³-hybridized carbons (Fsp3) is 0.417. The van der Waals surface area contributed by atoms with Crippen LogP contribution in [0.25, 0.3) is 0 Å². The van der Waals surface area contributed by atoms with Crippen LogP contribution in [0.5, 0.6) is 0 Å². The summed E-state index contributed by atoms with van der Waals surface area (Å²) in [7, 11) is 1.28. The number of ether oxygens (including phenoxy) is 1. The van der Waals surface area contributed by atoms with Gasteiger partial charge in [0.25, 0.3) is 0 Å². The van der Waals surface area contributed by atoms with E-state index in [-0.39, 0.29) is 5.82 Å². The number of halogens is 1. The van der Waals surface area contributed by atoms with Gasteiger partial charge in [0.2, 0.25) is 0 Å². The Hall–Kier alpha value is -1.38. The molecule has 0 amide bonds. The molecule has 1 rings (SSSR count). The van der Waals surface area contributed by atoms with Crippen LogP contribution in [-0.4, -0.2) is 13.1 Å². The number of rotatable bonds is 1. The zero-order valence-electron chi connectivity index (χ0n) is 10.0. The molecule has 0 saturated carbocycles. The molecule has 0 aromatic heterocycles. The number of hydrogen-bond acceptors (Lipinski definition) is 2. The van der Waals surface area contributed by atoms with E-state index in [4.69, 9.17) is 0 Å². The number of esters is 1. The Bertz CT molecular complexity index is 255. The van der Waals surface area contributed by atoms with Crippen molar-refractivity contribution in [3.63, 3.8) is 0 Å². The molecule has 0 saturated heterocycles. The minimum atomic E-state index is -0.454. The SMILES string of the molecule is CC.CC.COC(=O)c1ccc(F)cc1. The lowest BCUT2D eigenvalue weighted by Crippen LogP contribution is -2.00. The molecule has 2 nitrogen and oxygen atoms in total. The highest BCUT2D eigenvalue weighted by Gasteiger charge is 2.02. The maximum atomic E-state index is 12.3. The Morgan fingerprint density at radius 2 is 1.47 bits per heavy atom. The van der Waals surface area contributed by atoms with Crippen molar-refractivity contribution in [1.29, 1.82) is 0 Å². The summed E-state index contributed by atoms with van der Waals surface area (Å²) in [6, 6.07) is 5.18. The molecule has 0 bridgehead atoms. The highest BCUT2D eigenvalue weighted by atomic mass is 19.1. The molecule has 0 heterocycles. The molecule has 0 fully saturated rings. The van der Waals surface area contributed by atoms with Crippen LogP contribution in [0.1, 0.15) is 38.1 Å². The van der Waals surface area contributed by atoms with E-state index in [2.05, 4.69) is 4.74 Å². The van der Waals surface area contributed by atoms with Gasteiger partial charge in [-0.2, -0.15) is 0 Å². The standard InChI is InChI=1S/C8H7FO2.2C2H6/c1-11-8(10)6-2-4-7(9)5-3-6;2*1-2/h2-5H,1H3;2*1-2H3. The van der Waals surface area contributed by atoms with Crippen molar-refractivity contribution in [1.82, 2.24) is 0 Å². The summed E-state index contributed by atoms with van der Waals surface area (Å²) < 4.78 is 16.7. The summed E-state index contributed by atoms with van der Waals surface area (Å²) in [5, 5.41) is 0. The Labute approximate surface area is 91.1 Å². The van der Waals surface area contributed by atoms with Gasteiger partial charge in [-0.3, -0.25) is 0 Å². The second-order valence-electron chi connectivity index (χ2n) is 2.00. The molecule has 86 valence electrons. The van der Waals surface area contributed by atoms with E-state index >= 15 is 0 Å². The van der Waals surface area contributed by atoms with E-state index in [1.165, 1.54) is 31.4 Å². The molecule has 15 heavy (non-hydrogen) atoms. The summed E-state index contributed by atoms with van der Waals surface area (Å²) in [6.07, 6.45) is 0. The van der Waals surface area contributed by atoms with Gasteiger partial charge in [0, 0.05) is 0 Å². The first kappa shape index (κ1) is 16.1. The first-order chi connectivity index (χ1) is 7.24. The van der Waals surface area contributed by atoms with Gasteiger partial charge in [0.05, 0.1) is 12.7 Å². The average molecular weight is 214 g/mol. The van der Waals surface area contributed by atoms with Crippen molar-refractivity contribution in [3.05, 3.63) is 35.6 Å². The van der Waals surface area contributed by atoms with Crippen LogP contribution >= 0.6 is 0 Å². The highest BCUT2D eigenvalue weighted by molar-refractivity contribution is 5.89. The topological polar surface area (TPSA) is 26.3 Å². The predicted octanol–water partition coefficient (Wildman–Crippen LogP) is 3.66. The zero-order valence-corrected chi connectivity index (χ0v) is 10.0. The number of carbonyl (C=O) groups excluding carboxylic acids is 1. The van der Waals surface area contributed by atoms with Crippen LogP contribution < -0.4 is 0 Å². The third-order valence-electron chi connectivity index (χ3n) is 1.27. The summed E-state index contributed by atoms with van der Waals surface area (Å²) in [5.41, 5.74) is 0.355. The second-order valence-corrected chi connectivity index (χ2v) is 2.00. The van der Waals surface area contributed by atoms with E-state index in [1.807, 2.05) is 27.7 Å². The van der Waals surface area contributed by atoms with Crippen LogP contribution in [0.4, 0.5) is 4.39 Å². The largest absolute Gasteiger partial charge is 0.465 e. The van der Waals surface area contributed by atoms with Gasteiger partial charge < -0.3 is 4.74 Å². The molecule has 0 atom stereocenters. The number of benzene rings is 1. The van der Waals surface area contributed by atoms with Crippen LogP contribution in [0.15, 0.2) is 24.3 Å². The van der Waals surface area contributed by atoms with E-state index in [9.17, 15) is 9.18 Å². The van der Waals surface area contributed by atoms with Crippen LogP contribution in [0.2, 0.25) is 0 Å². The molecule has 3 heteroatoms. The Balaban J connectivity index is 0. The minimum absolute atomic E-state index is 0.355. The number of hydrogen-bond donors (Lipinski definition) is 0. The van der Waals surface area contributed by atoms with Gasteiger partial charge in [0.15, 0.2) is 0 Å². The van der Waals surface area contributed by atoms with E-state index < -0.39 is 5.97 Å². The van der Waals surface area contributed by atoms with Gasteiger partial charge in [-0.15, -0.1) is 0 Å². The summed E-state index contributed by atoms with van der Waals surface area (Å²) >= 11 is 0. The lowest BCUT2D eigenvalue weighted by atomic mass is 10.2. The van der Waals surface area contributed by atoms with Gasteiger partial charge in [0.1, 0.15) is 5.82 Å². The van der Waals surface area contributed by atoms with Crippen molar-refractivity contribution >= 4 is 5.97 Å². The Morgan fingerprint density at radius 3 is 1.80 bits per heavy atom. The van der Waals surface area contributed by atoms with Crippen molar-refractivity contribution in [2.45, 2.75) is 27.7 Å². The average Bonchev–Trinajstić information content (AvgIpc) is 2.34. The summed E-state index contributed by atoms with van der Waals surface area (Å²) in [6.45, 7) is 8.00.